The molecule has 4 nitrogen and oxygen atoms in total. The standard InChI is InChI=1S/C14H21BO2.2H2O/c1-6-11-7-9-12(10-8-11)15(5)13(16)17-14(2,3)4;;/h7-10H,6H2,1-5H3;2*1H2. The van der Waals surface area contributed by atoms with Crippen molar-refractivity contribution in [3.05, 3.63) is 29.8 Å². The van der Waals surface area contributed by atoms with Crippen molar-refractivity contribution in [3.8, 4) is 0 Å². The average Bonchev–Trinajstić information content (AvgIpc) is 2.26. The van der Waals surface area contributed by atoms with E-state index in [1.807, 2.05) is 39.7 Å². The highest BCUT2D eigenvalue weighted by Gasteiger charge is 2.26. The number of aryl methyl sites for hydroxylation is 1. The average molecular weight is 268 g/mol. The predicted molar refractivity (Wildman–Crippen MR) is 80.5 cm³/mol. The monoisotopic (exact) mass is 268 g/mol. The maximum atomic E-state index is 11.9. The first-order valence-electron chi connectivity index (χ1n) is 6.15. The van der Waals surface area contributed by atoms with E-state index in [4.69, 9.17) is 4.74 Å². The molecule has 0 bridgehead atoms. The van der Waals surface area contributed by atoms with Gasteiger partial charge in [0.15, 0.2) is 0 Å². The fraction of sp³-hybridized carbons (Fsp3) is 0.500. The van der Waals surface area contributed by atoms with Crippen LogP contribution >= 0.6 is 0 Å². The molecule has 0 aliphatic heterocycles. The molecule has 1 rings (SSSR count). The first-order valence-corrected chi connectivity index (χ1v) is 6.15. The number of hydrogen-bond donors (Lipinski definition) is 0. The number of hydrogen-bond acceptors (Lipinski definition) is 2. The van der Waals surface area contributed by atoms with Gasteiger partial charge in [-0.25, -0.2) is 0 Å². The van der Waals surface area contributed by atoms with Gasteiger partial charge in [0.05, 0.1) is 0 Å². The van der Waals surface area contributed by atoms with Crippen LogP contribution in [0.15, 0.2) is 24.3 Å². The molecule has 4 N–H and O–H groups in total. The zero-order valence-corrected chi connectivity index (χ0v) is 12.4. The highest BCUT2D eigenvalue weighted by molar-refractivity contribution is 6.97. The molecule has 0 radical (unpaired) electrons. The van der Waals surface area contributed by atoms with Crippen LogP contribution in [0, 0.1) is 0 Å². The topological polar surface area (TPSA) is 89.3 Å². The quantitative estimate of drug-likeness (QED) is 0.776. The summed E-state index contributed by atoms with van der Waals surface area (Å²) in [4.78, 5) is 11.9. The Kier molecular flexibility index (Phi) is 8.39. The summed E-state index contributed by atoms with van der Waals surface area (Å²) in [5, 5.41) is 0. The normalized spacial score (nSPS) is 9.95. The predicted octanol–water partition coefficient (Wildman–Crippen LogP) is 1.45. The van der Waals surface area contributed by atoms with E-state index in [9.17, 15) is 4.79 Å². The largest absolute Gasteiger partial charge is 0.468 e. The van der Waals surface area contributed by atoms with E-state index >= 15 is 0 Å². The summed E-state index contributed by atoms with van der Waals surface area (Å²) < 4.78 is 5.37. The van der Waals surface area contributed by atoms with Gasteiger partial charge in [0.1, 0.15) is 5.60 Å². The summed E-state index contributed by atoms with van der Waals surface area (Å²) in [5.41, 5.74) is 1.87. The van der Waals surface area contributed by atoms with Gasteiger partial charge < -0.3 is 15.7 Å². The molecule has 0 aliphatic rings. The van der Waals surface area contributed by atoms with E-state index < -0.39 is 5.60 Å². The van der Waals surface area contributed by atoms with Gasteiger partial charge in [-0.1, -0.05) is 43.5 Å². The molecule has 0 amide bonds. The van der Waals surface area contributed by atoms with E-state index in [1.165, 1.54) is 5.56 Å². The van der Waals surface area contributed by atoms with Gasteiger partial charge in [-0.3, -0.25) is 4.79 Å². The lowest BCUT2D eigenvalue weighted by atomic mass is 9.47. The lowest BCUT2D eigenvalue weighted by Crippen LogP contribution is -2.40. The van der Waals surface area contributed by atoms with Crippen molar-refractivity contribution >= 4 is 18.0 Å². The van der Waals surface area contributed by atoms with Gasteiger partial charge in [0, 0.05) is 0 Å². The van der Waals surface area contributed by atoms with Gasteiger partial charge in [0.2, 0.25) is 0 Å². The number of benzene rings is 1. The molecule has 0 fully saturated rings. The molecule has 0 unspecified atom stereocenters. The molecule has 0 saturated carbocycles. The summed E-state index contributed by atoms with van der Waals surface area (Å²) in [6, 6.07) is 8.15. The van der Waals surface area contributed by atoms with Crippen LogP contribution in [-0.4, -0.2) is 29.1 Å². The Morgan fingerprint density at radius 2 is 1.63 bits per heavy atom. The minimum atomic E-state index is -0.422. The van der Waals surface area contributed by atoms with Gasteiger partial charge in [-0.05, 0) is 32.8 Å². The van der Waals surface area contributed by atoms with E-state index in [1.54, 1.807) is 0 Å². The van der Waals surface area contributed by atoms with Crippen molar-refractivity contribution in [2.24, 2.45) is 0 Å². The summed E-state index contributed by atoms with van der Waals surface area (Å²) in [6.45, 7) is 9.45. The van der Waals surface area contributed by atoms with Crippen molar-refractivity contribution in [1.29, 1.82) is 0 Å². The Morgan fingerprint density at radius 3 is 2.00 bits per heavy atom. The molecule has 108 valence electrons. The van der Waals surface area contributed by atoms with Crippen molar-refractivity contribution in [2.75, 3.05) is 0 Å². The van der Waals surface area contributed by atoms with Gasteiger partial charge >= 0.3 is 6.71 Å². The Balaban J connectivity index is 0. The maximum absolute atomic E-state index is 11.9. The molecule has 0 heterocycles. The molecular formula is C14H25BO4. The lowest BCUT2D eigenvalue weighted by Gasteiger charge is -2.21. The van der Waals surface area contributed by atoms with Crippen LogP contribution in [0.2, 0.25) is 6.82 Å². The second-order valence-electron chi connectivity index (χ2n) is 5.35. The van der Waals surface area contributed by atoms with E-state index in [0.29, 0.717) is 0 Å². The Hall–Kier alpha value is -1.33. The minimum Gasteiger partial charge on any atom is -0.468 e. The molecular weight excluding hydrogens is 243 g/mol. The molecule has 0 spiro atoms. The highest BCUT2D eigenvalue weighted by atomic mass is 16.5. The fourth-order valence-electron chi connectivity index (χ4n) is 1.57. The number of ether oxygens (including phenoxy) is 1. The summed E-state index contributed by atoms with van der Waals surface area (Å²) >= 11 is 0. The minimum absolute atomic E-state index is 0. The van der Waals surface area contributed by atoms with Crippen molar-refractivity contribution in [3.63, 3.8) is 0 Å². The molecule has 0 saturated heterocycles. The van der Waals surface area contributed by atoms with Crippen LogP contribution in [0.25, 0.3) is 0 Å². The van der Waals surface area contributed by atoms with Crippen LogP contribution < -0.4 is 5.46 Å². The Morgan fingerprint density at radius 1 is 1.16 bits per heavy atom. The zero-order chi connectivity index (χ0) is 13.1. The second kappa shape index (κ2) is 7.97. The number of rotatable bonds is 3. The van der Waals surface area contributed by atoms with Gasteiger partial charge in [0.25, 0.3) is 5.87 Å². The van der Waals surface area contributed by atoms with Crippen LogP contribution in [0.3, 0.4) is 0 Å². The third kappa shape index (κ3) is 6.41. The summed E-state index contributed by atoms with van der Waals surface area (Å²) in [7, 11) is 0. The molecule has 0 aliphatic carbocycles. The summed E-state index contributed by atoms with van der Waals surface area (Å²) in [5.74, 6) is -0.165. The van der Waals surface area contributed by atoms with E-state index in [0.717, 1.165) is 11.9 Å². The van der Waals surface area contributed by atoms with Crippen LogP contribution in [0.1, 0.15) is 33.3 Å². The lowest BCUT2D eigenvalue weighted by molar-refractivity contribution is 0.0713. The molecule has 1 aromatic carbocycles. The van der Waals surface area contributed by atoms with Gasteiger partial charge in [-0.2, -0.15) is 0 Å². The first-order chi connectivity index (χ1) is 7.83. The smallest absolute Gasteiger partial charge is 0.307 e. The van der Waals surface area contributed by atoms with Crippen LogP contribution in [0.4, 0.5) is 4.79 Å². The Bertz CT molecular complexity index is 381. The SMILES string of the molecule is CCc1ccc(B(C)C(=O)OC(C)(C)C)cc1.O.O. The van der Waals surface area contributed by atoms with Crippen LogP contribution in [-0.2, 0) is 11.2 Å². The highest BCUT2D eigenvalue weighted by Crippen LogP contribution is 2.09. The molecule has 19 heavy (non-hydrogen) atoms. The first kappa shape index (κ1) is 20.0. The van der Waals surface area contributed by atoms with E-state index in [2.05, 4.69) is 19.1 Å². The fourth-order valence-corrected chi connectivity index (χ4v) is 1.57. The maximum Gasteiger partial charge on any atom is 0.307 e. The van der Waals surface area contributed by atoms with E-state index in [-0.39, 0.29) is 23.5 Å². The van der Waals surface area contributed by atoms with Gasteiger partial charge in [-0.15, -0.1) is 0 Å². The Labute approximate surface area is 115 Å². The third-order valence-electron chi connectivity index (χ3n) is 2.65. The van der Waals surface area contributed by atoms with Crippen molar-refractivity contribution in [1.82, 2.24) is 0 Å². The molecule has 5 heteroatoms. The van der Waals surface area contributed by atoms with Crippen LogP contribution in [0.5, 0.6) is 0 Å². The third-order valence-corrected chi connectivity index (χ3v) is 2.65. The molecule has 1 aromatic rings. The summed E-state index contributed by atoms with van der Waals surface area (Å²) in [6.07, 6.45) is 1.01. The number of carbonyl (C=O) groups is 1. The number of carbonyl (C=O) groups excluding carboxylic acids is 1. The molecule has 0 aromatic heterocycles. The zero-order valence-electron chi connectivity index (χ0n) is 12.4. The van der Waals surface area contributed by atoms with Crippen molar-refractivity contribution < 1.29 is 20.5 Å². The second-order valence-corrected chi connectivity index (χ2v) is 5.35. The van der Waals surface area contributed by atoms with Crippen molar-refractivity contribution in [2.45, 2.75) is 46.5 Å². The molecule has 0 atom stereocenters.